The summed E-state index contributed by atoms with van der Waals surface area (Å²) in [7, 11) is 0. The summed E-state index contributed by atoms with van der Waals surface area (Å²) in [5, 5.41) is 7.48. The van der Waals surface area contributed by atoms with E-state index in [1.54, 1.807) is 6.92 Å². The van der Waals surface area contributed by atoms with Crippen LogP contribution in [0.2, 0.25) is 0 Å². The summed E-state index contributed by atoms with van der Waals surface area (Å²) in [4.78, 5) is 13.4. The molecule has 0 spiro atoms. The second-order valence-electron chi connectivity index (χ2n) is 6.20. The average molecular weight is 333 g/mol. The quantitative estimate of drug-likeness (QED) is 0.795. The van der Waals surface area contributed by atoms with Crippen LogP contribution in [0, 0.1) is 0 Å². The first kappa shape index (κ1) is 15.4. The highest BCUT2D eigenvalue weighted by molar-refractivity contribution is 5.75. The van der Waals surface area contributed by atoms with Crippen molar-refractivity contribution in [2.75, 3.05) is 0 Å². The van der Waals surface area contributed by atoms with E-state index in [-0.39, 0.29) is 5.91 Å². The molecule has 3 aromatic rings. The zero-order chi connectivity index (χ0) is 17.2. The minimum Gasteiger partial charge on any atom is -0.489 e. The van der Waals surface area contributed by atoms with Gasteiger partial charge in [-0.1, -0.05) is 30.3 Å². The Labute approximate surface area is 146 Å². The van der Waals surface area contributed by atoms with Gasteiger partial charge in [-0.25, -0.2) is 0 Å². The molecule has 1 N–H and O–H groups in total. The van der Waals surface area contributed by atoms with Gasteiger partial charge in [-0.2, -0.15) is 5.10 Å². The number of carbonyl (C=O) groups excluding carboxylic acids is 1. The molecule has 5 heteroatoms. The highest BCUT2D eigenvalue weighted by Gasteiger charge is 2.26. The molecule has 126 valence electrons. The third kappa shape index (κ3) is 3.13. The molecule has 0 saturated heterocycles. The zero-order valence-electron chi connectivity index (χ0n) is 14.0. The monoisotopic (exact) mass is 333 g/mol. The Kier molecular flexibility index (Phi) is 3.98. The van der Waals surface area contributed by atoms with Crippen molar-refractivity contribution < 1.29 is 9.53 Å². The highest BCUT2D eigenvalue weighted by atomic mass is 16.5. The molecule has 2 heterocycles. The summed E-state index contributed by atoms with van der Waals surface area (Å²) in [6.45, 7) is 3.36. The topological polar surface area (TPSA) is 58.2 Å². The van der Waals surface area contributed by atoms with Crippen LogP contribution >= 0.6 is 0 Å². The molecule has 0 bridgehead atoms. The van der Waals surface area contributed by atoms with Gasteiger partial charge in [0, 0.05) is 18.1 Å². The predicted octanol–water partition coefficient (Wildman–Crippen LogP) is 3.52. The van der Waals surface area contributed by atoms with Crippen LogP contribution in [0.25, 0.3) is 11.3 Å². The van der Waals surface area contributed by atoms with Gasteiger partial charge in [-0.3, -0.25) is 9.89 Å². The maximum absolute atomic E-state index is 11.6. The van der Waals surface area contributed by atoms with Crippen molar-refractivity contribution in [3.05, 3.63) is 71.4 Å². The van der Waals surface area contributed by atoms with E-state index in [1.165, 1.54) is 0 Å². The van der Waals surface area contributed by atoms with Gasteiger partial charge >= 0.3 is 0 Å². The minimum absolute atomic E-state index is 0.0835. The van der Waals surface area contributed by atoms with Crippen LogP contribution in [0.4, 0.5) is 0 Å². The smallest absolute Gasteiger partial charge is 0.220 e. The summed E-state index contributed by atoms with van der Waals surface area (Å²) >= 11 is 0. The zero-order valence-corrected chi connectivity index (χ0v) is 14.0. The Morgan fingerprint density at radius 2 is 1.88 bits per heavy atom. The van der Waals surface area contributed by atoms with E-state index in [9.17, 15) is 4.79 Å². The number of aromatic nitrogens is 2. The normalized spacial score (nSPS) is 12.9. The maximum Gasteiger partial charge on any atom is 0.220 e. The number of nitrogens with zero attached hydrogens (tertiary/aromatic N) is 2. The maximum atomic E-state index is 11.6. The van der Waals surface area contributed by atoms with Gasteiger partial charge in [-0.15, -0.1) is 0 Å². The van der Waals surface area contributed by atoms with Gasteiger partial charge in [0.2, 0.25) is 5.91 Å². The fourth-order valence-electron chi connectivity index (χ4n) is 3.05. The molecule has 2 aromatic carbocycles. The molecular formula is C20H19N3O2. The van der Waals surface area contributed by atoms with Crippen molar-refractivity contribution in [1.82, 2.24) is 15.1 Å². The number of amides is 1. The molecule has 0 radical (unpaired) electrons. The van der Waals surface area contributed by atoms with Crippen LogP contribution in [0.1, 0.15) is 23.7 Å². The number of fused-ring (bicyclic) bond motifs is 1. The largest absolute Gasteiger partial charge is 0.489 e. The fourth-order valence-corrected chi connectivity index (χ4v) is 3.05. The van der Waals surface area contributed by atoms with E-state index in [2.05, 4.69) is 10.2 Å². The lowest BCUT2D eigenvalue weighted by Gasteiger charge is -2.12. The summed E-state index contributed by atoms with van der Waals surface area (Å²) in [5.74, 6) is 0.908. The number of nitrogens with one attached hydrogen (secondary N) is 1. The van der Waals surface area contributed by atoms with Crippen LogP contribution < -0.4 is 4.74 Å². The molecule has 5 nitrogen and oxygen atoms in total. The van der Waals surface area contributed by atoms with Gasteiger partial charge in [0.25, 0.3) is 0 Å². The standard InChI is InChI=1S/C20H19N3O2/c1-14(24)23-11-18-19(12-23)21-22-20(18)16-7-9-17(10-8-16)25-13-15-5-3-2-4-6-15/h2-10H,11-13H2,1H3,(H,21,22). The minimum atomic E-state index is 0.0835. The van der Waals surface area contributed by atoms with E-state index in [4.69, 9.17) is 4.74 Å². The number of benzene rings is 2. The van der Waals surface area contributed by atoms with E-state index in [0.29, 0.717) is 19.7 Å². The van der Waals surface area contributed by atoms with Gasteiger partial charge < -0.3 is 9.64 Å². The van der Waals surface area contributed by atoms with Crippen LogP contribution in [0.5, 0.6) is 5.75 Å². The number of hydrogen-bond donors (Lipinski definition) is 1. The molecule has 4 rings (SSSR count). The van der Waals surface area contributed by atoms with Gasteiger partial charge in [0.05, 0.1) is 24.5 Å². The summed E-state index contributed by atoms with van der Waals surface area (Å²) in [6, 6.07) is 18.0. The fraction of sp³-hybridized carbons (Fsp3) is 0.200. The first-order valence-corrected chi connectivity index (χ1v) is 8.29. The van der Waals surface area contributed by atoms with Crippen LogP contribution in [-0.2, 0) is 24.5 Å². The van der Waals surface area contributed by atoms with E-state index in [0.717, 1.165) is 33.8 Å². The second-order valence-corrected chi connectivity index (χ2v) is 6.20. The van der Waals surface area contributed by atoms with Gasteiger partial charge in [0.15, 0.2) is 0 Å². The predicted molar refractivity (Wildman–Crippen MR) is 94.7 cm³/mol. The number of hydrogen-bond acceptors (Lipinski definition) is 3. The molecule has 1 amide bonds. The lowest BCUT2D eigenvalue weighted by molar-refractivity contribution is -0.129. The van der Waals surface area contributed by atoms with Crippen LogP contribution in [0.3, 0.4) is 0 Å². The lowest BCUT2D eigenvalue weighted by atomic mass is 10.1. The Morgan fingerprint density at radius 3 is 2.60 bits per heavy atom. The highest BCUT2D eigenvalue weighted by Crippen LogP contribution is 2.31. The average Bonchev–Trinajstić information content (AvgIpc) is 3.22. The Hall–Kier alpha value is -3.08. The van der Waals surface area contributed by atoms with Crippen molar-refractivity contribution in [1.29, 1.82) is 0 Å². The lowest BCUT2D eigenvalue weighted by Crippen LogP contribution is -2.22. The van der Waals surface area contributed by atoms with Crippen LogP contribution in [0.15, 0.2) is 54.6 Å². The molecule has 0 aliphatic carbocycles. The van der Waals surface area contributed by atoms with Crippen molar-refractivity contribution in [3.63, 3.8) is 0 Å². The molecule has 25 heavy (non-hydrogen) atoms. The third-order valence-electron chi connectivity index (χ3n) is 4.47. The number of carbonyl (C=O) groups is 1. The first-order chi connectivity index (χ1) is 12.2. The van der Waals surface area contributed by atoms with E-state index < -0.39 is 0 Å². The van der Waals surface area contributed by atoms with Crippen molar-refractivity contribution >= 4 is 5.91 Å². The van der Waals surface area contributed by atoms with Crippen molar-refractivity contribution in [2.24, 2.45) is 0 Å². The Bertz CT molecular complexity index is 885. The van der Waals surface area contributed by atoms with Crippen molar-refractivity contribution in [3.8, 4) is 17.0 Å². The molecule has 1 aromatic heterocycles. The number of H-pyrrole nitrogens is 1. The SMILES string of the molecule is CC(=O)N1Cc2[nH]nc(-c3ccc(OCc4ccccc4)cc3)c2C1. The molecule has 1 aliphatic rings. The third-order valence-corrected chi connectivity index (χ3v) is 4.47. The van der Waals surface area contributed by atoms with E-state index >= 15 is 0 Å². The number of ether oxygens (including phenoxy) is 1. The van der Waals surface area contributed by atoms with Crippen molar-refractivity contribution in [2.45, 2.75) is 26.6 Å². The summed E-state index contributed by atoms with van der Waals surface area (Å²) < 4.78 is 5.82. The Morgan fingerprint density at radius 1 is 1.12 bits per heavy atom. The molecule has 0 fully saturated rings. The molecular weight excluding hydrogens is 314 g/mol. The summed E-state index contributed by atoms with van der Waals surface area (Å²) in [6.07, 6.45) is 0. The number of aromatic amines is 1. The van der Waals surface area contributed by atoms with Gasteiger partial charge in [-0.05, 0) is 29.8 Å². The first-order valence-electron chi connectivity index (χ1n) is 8.29. The molecule has 0 saturated carbocycles. The Balaban J connectivity index is 1.48. The molecule has 1 aliphatic heterocycles. The summed E-state index contributed by atoms with van der Waals surface area (Å²) in [5.41, 5.74) is 5.20. The van der Waals surface area contributed by atoms with Gasteiger partial charge in [0.1, 0.15) is 12.4 Å². The van der Waals surface area contributed by atoms with E-state index in [1.807, 2.05) is 59.5 Å². The molecule has 0 atom stereocenters. The van der Waals surface area contributed by atoms with Crippen LogP contribution in [-0.4, -0.2) is 21.0 Å². The number of rotatable bonds is 4. The second kappa shape index (κ2) is 6.43. The molecule has 0 unspecified atom stereocenters.